The van der Waals surface area contributed by atoms with Gasteiger partial charge in [-0.25, -0.2) is 14.2 Å². The van der Waals surface area contributed by atoms with Crippen molar-refractivity contribution in [3.8, 4) is 5.69 Å². The smallest absolute Gasteiger partial charge is 0.337 e. The van der Waals surface area contributed by atoms with Gasteiger partial charge in [0.15, 0.2) is 0 Å². The summed E-state index contributed by atoms with van der Waals surface area (Å²) in [4.78, 5) is 28.3. The number of methoxy groups -OCH3 is 1. The van der Waals surface area contributed by atoms with E-state index < -0.39 is 5.97 Å². The third-order valence-corrected chi connectivity index (χ3v) is 4.59. The molecule has 0 fully saturated rings. The van der Waals surface area contributed by atoms with Gasteiger partial charge in [-0.05, 0) is 35.9 Å². The lowest BCUT2D eigenvalue weighted by Gasteiger charge is -2.23. The lowest BCUT2D eigenvalue weighted by Crippen LogP contribution is -2.25. The molecule has 1 aliphatic heterocycles. The quantitative estimate of drug-likeness (QED) is 0.723. The topological polar surface area (TPSA) is 73.2 Å². The number of rotatable bonds is 3. The van der Waals surface area contributed by atoms with Crippen LogP contribution in [0.2, 0.25) is 0 Å². The Morgan fingerprint density at radius 2 is 2.04 bits per heavy atom. The van der Waals surface area contributed by atoms with E-state index >= 15 is 0 Å². The summed E-state index contributed by atoms with van der Waals surface area (Å²) in [6.45, 7) is 0. The number of ether oxygens (including phenoxy) is 1. The zero-order chi connectivity index (χ0) is 19.0. The van der Waals surface area contributed by atoms with Gasteiger partial charge in [0, 0.05) is 12.3 Å². The van der Waals surface area contributed by atoms with E-state index in [2.05, 4.69) is 10.3 Å². The van der Waals surface area contributed by atoms with Crippen LogP contribution in [-0.2, 0) is 9.53 Å². The molecule has 0 radical (unpaired) electrons. The number of nitrogens with zero attached hydrogens (tertiary/aromatic N) is 2. The second-order valence-electron chi connectivity index (χ2n) is 6.25. The minimum absolute atomic E-state index is 0.150. The molecule has 27 heavy (non-hydrogen) atoms. The van der Waals surface area contributed by atoms with Gasteiger partial charge >= 0.3 is 5.97 Å². The molecule has 2 heterocycles. The molecule has 1 aliphatic rings. The number of benzene rings is 2. The summed E-state index contributed by atoms with van der Waals surface area (Å²) in [7, 11) is 1.33. The van der Waals surface area contributed by atoms with Crippen molar-refractivity contribution < 1.29 is 18.7 Å². The van der Waals surface area contributed by atoms with Gasteiger partial charge in [-0.1, -0.05) is 18.2 Å². The van der Waals surface area contributed by atoms with E-state index in [-0.39, 0.29) is 24.1 Å². The van der Waals surface area contributed by atoms with Crippen LogP contribution in [0.4, 0.5) is 10.2 Å². The van der Waals surface area contributed by atoms with Crippen molar-refractivity contribution >= 4 is 17.7 Å². The Hall–Kier alpha value is -3.48. The van der Waals surface area contributed by atoms with Gasteiger partial charge in [0.25, 0.3) is 0 Å². The maximum absolute atomic E-state index is 13.6. The summed E-state index contributed by atoms with van der Waals surface area (Å²) in [6.07, 6.45) is 1.81. The third-order valence-electron chi connectivity index (χ3n) is 4.59. The molecule has 136 valence electrons. The Balaban J connectivity index is 1.74. The van der Waals surface area contributed by atoms with Gasteiger partial charge < -0.3 is 10.1 Å². The Bertz CT molecular complexity index is 1030. The highest BCUT2D eigenvalue weighted by atomic mass is 19.1. The number of fused-ring (bicyclic) bond motifs is 1. The molecule has 6 nitrogen and oxygen atoms in total. The number of carbonyl (C=O) groups excluding carboxylic acids is 2. The monoisotopic (exact) mass is 365 g/mol. The van der Waals surface area contributed by atoms with Crippen LogP contribution < -0.4 is 5.32 Å². The fourth-order valence-corrected chi connectivity index (χ4v) is 3.27. The summed E-state index contributed by atoms with van der Waals surface area (Å²) in [5.74, 6) is -0.664. The summed E-state index contributed by atoms with van der Waals surface area (Å²) in [6, 6.07) is 13.0. The number of hydrogen-bond donors (Lipinski definition) is 1. The van der Waals surface area contributed by atoms with Crippen LogP contribution >= 0.6 is 0 Å². The lowest BCUT2D eigenvalue weighted by molar-refractivity contribution is -0.116. The highest BCUT2D eigenvalue weighted by Crippen LogP contribution is 2.37. The number of nitrogens with one attached hydrogen (secondary N) is 1. The van der Waals surface area contributed by atoms with Gasteiger partial charge in [-0.15, -0.1) is 0 Å². The fourth-order valence-electron chi connectivity index (χ4n) is 3.27. The first-order valence-corrected chi connectivity index (χ1v) is 8.38. The molecule has 2 aromatic carbocycles. The molecule has 0 saturated heterocycles. The zero-order valence-electron chi connectivity index (χ0n) is 14.5. The molecule has 0 aliphatic carbocycles. The molecule has 7 heteroatoms. The van der Waals surface area contributed by atoms with Crippen molar-refractivity contribution in [2.75, 3.05) is 12.4 Å². The number of esters is 1. The van der Waals surface area contributed by atoms with Crippen LogP contribution in [0.1, 0.15) is 34.0 Å². The summed E-state index contributed by atoms with van der Waals surface area (Å²) in [5.41, 5.74) is 2.57. The molecule has 0 unspecified atom stereocenters. The lowest BCUT2D eigenvalue weighted by atomic mass is 9.89. The van der Waals surface area contributed by atoms with Crippen molar-refractivity contribution in [2.24, 2.45) is 0 Å². The SMILES string of the molecule is COC(=O)c1ccc([C@@H]2CC(=O)Nc3c2ncn3-c2cccc(F)c2)cc1. The van der Waals surface area contributed by atoms with Crippen LogP contribution in [0.5, 0.6) is 0 Å². The number of halogens is 1. The van der Waals surface area contributed by atoms with Crippen molar-refractivity contribution in [3.05, 3.63) is 77.5 Å². The maximum Gasteiger partial charge on any atom is 0.337 e. The molecule has 0 spiro atoms. The van der Waals surface area contributed by atoms with E-state index in [0.717, 1.165) is 5.56 Å². The first-order chi connectivity index (χ1) is 13.1. The predicted octanol–water partition coefficient (Wildman–Crippen LogP) is 3.27. The molecule has 1 amide bonds. The van der Waals surface area contributed by atoms with E-state index in [9.17, 15) is 14.0 Å². The molecule has 1 N–H and O–H groups in total. The van der Waals surface area contributed by atoms with Gasteiger partial charge in [0.1, 0.15) is 18.0 Å². The van der Waals surface area contributed by atoms with E-state index in [0.29, 0.717) is 22.8 Å². The highest BCUT2D eigenvalue weighted by Gasteiger charge is 2.31. The Labute approximate surface area is 154 Å². The van der Waals surface area contributed by atoms with Gasteiger partial charge in [0.05, 0.1) is 24.1 Å². The van der Waals surface area contributed by atoms with Crippen molar-refractivity contribution in [1.29, 1.82) is 0 Å². The molecule has 0 saturated carbocycles. The number of anilines is 1. The average Bonchev–Trinajstić information content (AvgIpc) is 3.10. The van der Waals surface area contributed by atoms with Crippen LogP contribution in [0.3, 0.4) is 0 Å². The maximum atomic E-state index is 13.6. The Kier molecular flexibility index (Phi) is 4.19. The van der Waals surface area contributed by atoms with Crippen molar-refractivity contribution in [2.45, 2.75) is 12.3 Å². The second-order valence-corrected chi connectivity index (χ2v) is 6.25. The minimum Gasteiger partial charge on any atom is -0.465 e. The van der Waals surface area contributed by atoms with Crippen LogP contribution in [-0.4, -0.2) is 28.5 Å². The molecular formula is C20H16FN3O3. The Morgan fingerprint density at radius 3 is 2.74 bits per heavy atom. The molecular weight excluding hydrogens is 349 g/mol. The molecule has 0 bridgehead atoms. The molecule has 3 aromatic rings. The minimum atomic E-state index is -0.418. The number of amides is 1. The van der Waals surface area contributed by atoms with Gasteiger partial charge in [-0.2, -0.15) is 0 Å². The first kappa shape index (κ1) is 17.0. The largest absolute Gasteiger partial charge is 0.465 e. The molecule has 1 aromatic heterocycles. The van der Waals surface area contributed by atoms with Crippen LogP contribution in [0, 0.1) is 5.82 Å². The third kappa shape index (κ3) is 3.08. The number of hydrogen-bond acceptors (Lipinski definition) is 4. The van der Waals surface area contributed by atoms with Gasteiger partial charge in [-0.3, -0.25) is 9.36 Å². The van der Waals surface area contributed by atoms with Crippen LogP contribution in [0.25, 0.3) is 5.69 Å². The normalized spacial score (nSPS) is 15.8. The van der Waals surface area contributed by atoms with E-state index in [1.54, 1.807) is 47.3 Å². The molecule has 4 rings (SSSR count). The van der Waals surface area contributed by atoms with Crippen molar-refractivity contribution in [3.63, 3.8) is 0 Å². The Morgan fingerprint density at radius 1 is 1.26 bits per heavy atom. The first-order valence-electron chi connectivity index (χ1n) is 8.38. The number of aromatic nitrogens is 2. The van der Waals surface area contributed by atoms with E-state index in [1.165, 1.54) is 19.2 Å². The van der Waals surface area contributed by atoms with E-state index in [1.807, 2.05) is 0 Å². The summed E-state index contributed by atoms with van der Waals surface area (Å²) in [5, 5.41) is 2.83. The zero-order valence-corrected chi connectivity index (χ0v) is 14.5. The number of imidazole rings is 1. The predicted molar refractivity (Wildman–Crippen MR) is 96.4 cm³/mol. The van der Waals surface area contributed by atoms with Crippen molar-refractivity contribution in [1.82, 2.24) is 9.55 Å². The fraction of sp³-hybridized carbons (Fsp3) is 0.150. The highest BCUT2D eigenvalue weighted by molar-refractivity contribution is 5.94. The average molecular weight is 365 g/mol. The summed E-state index contributed by atoms with van der Waals surface area (Å²) < 4.78 is 19.9. The summed E-state index contributed by atoms with van der Waals surface area (Å²) >= 11 is 0. The molecule has 1 atom stereocenters. The second kappa shape index (κ2) is 6.68. The standard InChI is InChI=1S/C20H16FN3O3/c1-27-20(26)13-7-5-12(6-8-13)16-10-17(25)23-19-18(16)22-11-24(19)15-4-2-3-14(21)9-15/h2-9,11,16H,10H2,1H3,(H,23,25)/t16-/m0/s1. The van der Waals surface area contributed by atoms with E-state index in [4.69, 9.17) is 4.74 Å². The van der Waals surface area contributed by atoms with Gasteiger partial charge in [0.2, 0.25) is 5.91 Å². The number of carbonyl (C=O) groups is 2. The van der Waals surface area contributed by atoms with Crippen LogP contribution in [0.15, 0.2) is 54.9 Å².